The highest BCUT2D eigenvalue weighted by molar-refractivity contribution is 9.10. The fraction of sp³-hybridized carbons (Fsp3) is 0.300. The number of anilines is 2. The Balaban J connectivity index is 1.91. The van der Waals surface area contributed by atoms with E-state index in [4.69, 9.17) is 4.74 Å². The van der Waals surface area contributed by atoms with Gasteiger partial charge in [0.1, 0.15) is 0 Å². The van der Waals surface area contributed by atoms with Crippen molar-refractivity contribution in [1.82, 2.24) is 4.90 Å². The van der Waals surface area contributed by atoms with Crippen LogP contribution in [0.15, 0.2) is 53.0 Å². The minimum atomic E-state index is -0.514. The SMILES string of the molecule is CC(C)COC(=O)Nc1cccc(NC(=O)N(C)Cc2ccc(Br)cc2)c1. The average Bonchev–Trinajstić information content (AvgIpc) is 2.62. The second-order valence-electron chi connectivity index (χ2n) is 6.61. The number of hydrogen-bond donors (Lipinski definition) is 2. The number of benzene rings is 2. The van der Waals surface area contributed by atoms with Crippen molar-refractivity contribution in [3.05, 3.63) is 58.6 Å². The third-order valence-corrected chi connectivity index (χ3v) is 4.12. The molecule has 0 aromatic heterocycles. The summed E-state index contributed by atoms with van der Waals surface area (Å²) < 4.78 is 6.09. The lowest BCUT2D eigenvalue weighted by molar-refractivity contribution is 0.147. The topological polar surface area (TPSA) is 70.7 Å². The molecule has 0 saturated carbocycles. The van der Waals surface area contributed by atoms with Crippen LogP contribution >= 0.6 is 15.9 Å². The molecule has 0 atom stereocenters. The molecule has 0 bridgehead atoms. The minimum Gasteiger partial charge on any atom is -0.449 e. The Labute approximate surface area is 168 Å². The van der Waals surface area contributed by atoms with Crippen LogP contribution in [0.3, 0.4) is 0 Å². The first-order valence-electron chi connectivity index (χ1n) is 8.64. The summed E-state index contributed by atoms with van der Waals surface area (Å²) in [5.74, 6) is 0.266. The molecule has 0 unspecified atom stereocenters. The largest absolute Gasteiger partial charge is 0.449 e. The number of urea groups is 1. The van der Waals surface area contributed by atoms with Gasteiger partial charge in [-0.05, 0) is 41.8 Å². The molecule has 0 aliphatic rings. The van der Waals surface area contributed by atoms with Gasteiger partial charge < -0.3 is 15.0 Å². The van der Waals surface area contributed by atoms with E-state index in [1.807, 2.05) is 38.1 Å². The molecule has 2 aromatic carbocycles. The molecule has 3 amide bonds. The van der Waals surface area contributed by atoms with E-state index in [1.54, 1.807) is 36.2 Å². The summed E-state index contributed by atoms with van der Waals surface area (Å²) in [5, 5.41) is 5.48. The first-order valence-corrected chi connectivity index (χ1v) is 9.43. The van der Waals surface area contributed by atoms with Gasteiger partial charge in [-0.25, -0.2) is 9.59 Å². The number of rotatable bonds is 6. The van der Waals surface area contributed by atoms with Gasteiger partial charge in [0.15, 0.2) is 0 Å². The van der Waals surface area contributed by atoms with Crippen LogP contribution in [0.4, 0.5) is 21.0 Å². The number of carbonyl (C=O) groups is 2. The van der Waals surface area contributed by atoms with Crippen LogP contribution in [0.25, 0.3) is 0 Å². The van der Waals surface area contributed by atoms with Gasteiger partial charge in [-0.3, -0.25) is 5.32 Å². The average molecular weight is 434 g/mol. The molecule has 0 spiro atoms. The summed E-state index contributed by atoms with van der Waals surface area (Å²) in [6.45, 7) is 4.77. The van der Waals surface area contributed by atoms with Gasteiger partial charge >= 0.3 is 12.1 Å². The van der Waals surface area contributed by atoms with E-state index in [-0.39, 0.29) is 11.9 Å². The van der Waals surface area contributed by atoms with Crippen molar-refractivity contribution in [2.24, 2.45) is 5.92 Å². The molecule has 6 nitrogen and oxygen atoms in total. The maximum Gasteiger partial charge on any atom is 0.411 e. The van der Waals surface area contributed by atoms with Crippen molar-refractivity contribution in [2.45, 2.75) is 20.4 Å². The van der Waals surface area contributed by atoms with Gasteiger partial charge in [-0.2, -0.15) is 0 Å². The van der Waals surface area contributed by atoms with Crippen LogP contribution in [0.2, 0.25) is 0 Å². The quantitative estimate of drug-likeness (QED) is 0.647. The zero-order valence-corrected chi connectivity index (χ0v) is 17.2. The second kappa shape index (κ2) is 9.97. The van der Waals surface area contributed by atoms with Crippen LogP contribution in [0, 0.1) is 5.92 Å². The second-order valence-corrected chi connectivity index (χ2v) is 7.53. The molecule has 0 saturated heterocycles. The lowest BCUT2D eigenvalue weighted by atomic mass is 10.2. The Morgan fingerprint density at radius 1 is 1.07 bits per heavy atom. The van der Waals surface area contributed by atoms with Gasteiger partial charge in [0.25, 0.3) is 0 Å². The first-order chi connectivity index (χ1) is 12.8. The van der Waals surface area contributed by atoms with Crippen LogP contribution < -0.4 is 10.6 Å². The maximum atomic E-state index is 12.4. The lowest BCUT2D eigenvalue weighted by Gasteiger charge is -2.18. The summed E-state index contributed by atoms with van der Waals surface area (Å²) in [6.07, 6.45) is -0.514. The van der Waals surface area contributed by atoms with Gasteiger partial charge in [-0.1, -0.05) is 48.0 Å². The predicted molar refractivity (Wildman–Crippen MR) is 111 cm³/mol. The lowest BCUT2D eigenvalue weighted by Crippen LogP contribution is -2.30. The third kappa shape index (κ3) is 7.30. The van der Waals surface area contributed by atoms with E-state index in [2.05, 4.69) is 26.6 Å². The van der Waals surface area contributed by atoms with Crippen LogP contribution in [-0.4, -0.2) is 30.7 Å². The molecule has 27 heavy (non-hydrogen) atoms. The number of halogens is 1. The monoisotopic (exact) mass is 433 g/mol. The number of amides is 3. The number of hydrogen-bond acceptors (Lipinski definition) is 3. The molecule has 144 valence electrons. The smallest absolute Gasteiger partial charge is 0.411 e. The zero-order valence-electron chi connectivity index (χ0n) is 15.7. The summed E-state index contributed by atoms with van der Waals surface area (Å²) in [7, 11) is 1.72. The van der Waals surface area contributed by atoms with Gasteiger partial charge in [0.05, 0.1) is 6.61 Å². The van der Waals surface area contributed by atoms with Crippen LogP contribution in [0.5, 0.6) is 0 Å². The number of carbonyl (C=O) groups excluding carboxylic acids is 2. The van der Waals surface area contributed by atoms with E-state index in [1.165, 1.54) is 0 Å². The van der Waals surface area contributed by atoms with Crippen molar-refractivity contribution in [1.29, 1.82) is 0 Å². The Morgan fingerprint density at radius 3 is 2.33 bits per heavy atom. The molecular weight excluding hydrogens is 410 g/mol. The fourth-order valence-corrected chi connectivity index (χ4v) is 2.49. The third-order valence-electron chi connectivity index (χ3n) is 3.59. The van der Waals surface area contributed by atoms with Crippen molar-refractivity contribution in [2.75, 3.05) is 24.3 Å². The van der Waals surface area contributed by atoms with Crippen LogP contribution in [-0.2, 0) is 11.3 Å². The Morgan fingerprint density at radius 2 is 1.70 bits per heavy atom. The van der Waals surface area contributed by atoms with Crippen molar-refractivity contribution in [3.8, 4) is 0 Å². The highest BCUT2D eigenvalue weighted by Gasteiger charge is 2.11. The number of ether oxygens (including phenoxy) is 1. The predicted octanol–water partition coefficient (Wildman–Crippen LogP) is 5.32. The molecule has 2 rings (SSSR count). The summed E-state index contributed by atoms with van der Waals surface area (Å²) in [6, 6.07) is 14.5. The molecule has 0 fully saturated rings. The van der Waals surface area contributed by atoms with E-state index in [0.717, 1.165) is 10.0 Å². The number of nitrogens with zero attached hydrogens (tertiary/aromatic N) is 1. The highest BCUT2D eigenvalue weighted by Crippen LogP contribution is 2.17. The molecule has 0 aliphatic carbocycles. The molecule has 2 aromatic rings. The van der Waals surface area contributed by atoms with E-state index in [0.29, 0.717) is 24.5 Å². The summed E-state index contributed by atoms with van der Waals surface area (Å²) >= 11 is 3.39. The van der Waals surface area contributed by atoms with Crippen molar-refractivity contribution >= 4 is 39.4 Å². The Hall–Kier alpha value is -2.54. The van der Waals surface area contributed by atoms with Gasteiger partial charge in [0.2, 0.25) is 0 Å². The molecule has 0 heterocycles. The zero-order chi connectivity index (χ0) is 19.8. The molecule has 0 radical (unpaired) electrons. The van der Waals surface area contributed by atoms with Crippen molar-refractivity contribution in [3.63, 3.8) is 0 Å². The van der Waals surface area contributed by atoms with E-state index >= 15 is 0 Å². The fourth-order valence-electron chi connectivity index (χ4n) is 2.23. The molecular formula is C20H24BrN3O3. The van der Waals surface area contributed by atoms with E-state index in [9.17, 15) is 9.59 Å². The normalized spacial score (nSPS) is 10.4. The number of nitrogens with one attached hydrogen (secondary N) is 2. The van der Waals surface area contributed by atoms with Gasteiger partial charge in [-0.15, -0.1) is 0 Å². The van der Waals surface area contributed by atoms with Gasteiger partial charge in [0, 0.05) is 29.4 Å². The molecule has 7 heteroatoms. The highest BCUT2D eigenvalue weighted by atomic mass is 79.9. The summed E-state index contributed by atoms with van der Waals surface area (Å²) in [4.78, 5) is 25.7. The minimum absolute atomic E-state index is 0.238. The maximum absolute atomic E-state index is 12.4. The van der Waals surface area contributed by atoms with Crippen molar-refractivity contribution < 1.29 is 14.3 Å². The Bertz CT molecular complexity index is 778. The van der Waals surface area contributed by atoms with E-state index < -0.39 is 6.09 Å². The standard InChI is InChI=1S/C20H24BrN3O3/c1-14(2)13-27-20(26)23-18-6-4-5-17(11-18)22-19(25)24(3)12-15-7-9-16(21)10-8-15/h4-11,14H,12-13H2,1-3H3,(H,22,25)(H,23,26). The Kier molecular flexibility index (Phi) is 7.67. The summed E-state index contributed by atoms with van der Waals surface area (Å²) in [5.41, 5.74) is 2.17. The molecule has 0 aliphatic heterocycles. The van der Waals surface area contributed by atoms with Crippen LogP contribution in [0.1, 0.15) is 19.4 Å². The molecule has 2 N–H and O–H groups in total. The first kappa shape index (κ1) is 20.8.